The van der Waals surface area contributed by atoms with Gasteiger partial charge in [-0.1, -0.05) is 35.9 Å². The van der Waals surface area contributed by atoms with Gasteiger partial charge in [0.15, 0.2) is 0 Å². The van der Waals surface area contributed by atoms with Crippen LogP contribution < -0.4 is 11.3 Å². The van der Waals surface area contributed by atoms with Crippen LogP contribution >= 0.6 is 11.6 Å². The molecule has 3 N–H and O–H groups in total. The minimum absolute atomic E-state index is 0.365. The summed E-state index contributed by atoms with van der Waals surface area (Å²) >= 11 is 5.78. The lowest BCUT2D eigenvalue weighted by Gasteiger charge is -2.18. The van der Waals surface area contributed by atoms with E-state index in [4.69, 9.17) is 22.2 Å². The lowest BCUT2D eigenvalue weighted by molar-refractivity contribution is 0.134. The standard InChI is InChI=1S/C15H14ClFN2O/c16-12-3-4-13(14(17)6-12)15(19-18)9-1-2-10-7-20-8-11(10)5-9/h1-6,15,19H,7-8,18H2. The first-order valence-electron chi connectivity index (χ1n) is 6.29. The molecule has 0 saturated heterocycles. The van der Waals surface area contributed by atoms with E-state index in [2.05, 4.69) is 5.43 Å². The van der Waals surface area contributed by atoms with E-state index < -0.39 is 6.04 Å². The number of hydrazine groups is 1. The summed E-state index contributed by atoms with van der Waals surface area (Å²) < 4.78 is 19.4. The summed E-state index contributed by atoms with van der Waals surface area (Å²) in [6.07, 6.45) is 0. The van der Waals surface area contributed by atoms with Gasteiger partial charge in [0.1, 0.15) is 5.82 Å². The highest BCUT2D eigenvalue weighted by atomic mass is 35.5. The summed E-state index contributed by atoms with van der Waals surface area (Å²) in [4.78, 5) is 0. The molecule has 0 amide bonds. The van der Waals surface area contributed by atoms with E-state index in [1.807, 2.05) is 18.2 Å². The molecule has 0 saturated carbocycles. The van der Waals surface area contributed by atoms with Gasteiger partial charge in [-0.05, 0) is 28.8 Å². The molecule has 1 atom stereocenters. The van der Waals surface area contributed by atoms with Crippen LogP contribution in [0.25, 0.3) is 0 Å². The largest absolute Gasteiger partial charge is 0.372 e. The number of rotatable bonds is 3. The van der Waals surface area contributed by atoms with Crippen molar-refractivity contribution in [3.63, 3.8) is 0 Å². The van der Waals surface area contributed by atoms with Gasteiger partial charge in [-0.15, -0.1) is 0 Å². The Bertz CT molecular complexity index is 648. The summed E-state index contributed by atoms with van der Waals surface area (Å²) in [6, 6.07) is 10.1. The van der Waals surface area contributed by atoms with E-state index in [1.165, 1.54) is 11.6 Å². The molecule has 0 spiro atoms. The third-order valence-corrected chi connectivity index (χ3v) is 3.75. The summed E-state index contributed by atoms with van der Waals surface area (Å²) in [5.74, 6) is 5.23. The van der Waals surface area contributed by atoms with Crippen molar-refractivity contribution in [2.75, 3.05) is 0 Å². The third-order valence-electron chi connectivity index (χ3n) is 3.52. The quantitative estimate of drug-likeness (QED) is 0.675. The third kappa shape index (κ3) is 2.43. The minimum atomic E-state index is -0.418. The van der Waals surface area contributed by atoms with Crippen molar-refractivity contribution in [2.24, 2.45) is 5.84 Å². The van der Waals surface area contributed by atoms with E-state index in [1.54, 1.807) is 12.1 Å². The van der Waals surface area contributed by atoms with Crippen molar-refractivity contribution in [3.8, 4) is 0 Å². The molecule has 0 fully saturated rings. The number of hydrogen-bond acceptors (Lipinski definition) is 3. The maximum atomic E-state index is 14.0. The van der Waals surface area contributed by atoms with E-state index in [-0.39, 0.29) is 5.82 Å². The zero-order chi connectivity index (χ0) is 14.1. The van der Waals surface area contributed by atoms with Crippen molar-refractivity contribution in [3.05, 3.63) is 69.5 Å². The number of ether oxygens (including phenoxy) is 1. The van der Waals surface area contributed by atoms with Crippen LogP contribution in [0.1, 0.15) is 28.3 Å². The van der Waals surface area contributed by atoms with Crippen molar-refractivity contribution in [2.45, 2.75) is 19.3 Å². The van der Waals surface area contributed by atoms with Crippen molar-refractivity contribution in [1.29, 1.82) is 0 Å². The molecule has 104 valence electrons. The van der Waals surface area contributed by atoms with Crippen LogP contribution in [-0.2, 0) is 18.0 Å². The number of nitrogens with one attached hydrogen (secondary N) is 1. The summed E-state index contributed by atoms with van der Waals surface area (Å²) in [6.45, 7) is 1.22. The van der Waals surface area contributed by atoms with Gasteiger partial charge < -0.3 is 4.74 Å². The van der Waals surface area contributed by atoms with Gasteiger partial charge in [-0.25, -0.2) is 9.82 Å². The van der Waals surface area contributed by atoms with Crippen LogP contribution in [0.4, 0.5) is 4.39 Å². The molecule has 1 heterocycles. The summed E-state index contributed by atoms with van der Waals surface area (Å²) in [5, 5.41) is 0.365. The van der Waals surface area contributed by atoms with Gasteiger partial charge in [-0.3, -0.25) is 5.84 Å². The molecule has 3 nitrogen and oxygen atoms in total. The molecule has 1 aliphatic heterocycles. The van der Waals surface area contributed by atoms with Gasteiger partial charge in [0.25, 0.3) is 0 Å². The fourth-order valence-electron chi connectivity index (χ4n) is 2.47. The van der Waals surface area contributed by atoms with Crippen molar-refractivity contribution >= 4 is 11.6 Å². The topological polar surface area (TPSA) is 47.3 Å². The first-order chi connectivity index (χ1) is 9.69. The Morgan fingerprint density at radius 3 is 2.70 bits per heavy atom. The van der Waals surface area contributed by atoms with Crippen LogP contribution in [0.5, 0.6) is 0 Å². The van der Waals surface area contributed by atoms with Gasteiger partial charge in [0.05, 0.1) is 19.3 Å². The lowest BCUT2D eigenvalue weighted by atomic mass is 9.96. The molecule has 1 unspecified atom stereocenters. The zero-order valence-electron chi connectivity index (χ0n) is 10.7. The minimum Gasteiger partial charge on any atom is -0.372 e. The van der Waals surface area contributed by atoms with Crippen LogP contribution in [0.3, 0.4) is 0 Å². The summed E-state index contributed by atoms with van der Waals surface area (Å²) in [5.41, 5.74) is 6.32. The van der Waals surface area contributed by atoms with Crippen LogP contribution in [0, 0.1) is 5.82 Å². The van der Waals surface area contributed by atoms with Gasteiger partial charge in [0.2, 0.25) is 0 Å². The number of nitrogens with two attached hydrogens (primary N) is 1. The van der Waals surface area contributed by atoms with E-state index in [0.717, 1.165) is 11.1 Å². The van der Waals surface area contributed by atoms with E-state index in [0.29, 0.717) is 23.8 Å². The lowest BCUT2D eigenvalue weighted by Crippen LogP contribution is -2.29. The molecule has 20 heavy (non-hydrogen) atoms. The predicted molar refractivity (Wildman–Crippen MR) is 75.5 cm³/mol. The molecule has 0 aromatic heterocycles. The second-order valence-corrected chi connectivity index (χ2v) is 5.22. The fraction of sp³-hybridized carbons (Fsp3) is 0.200. The zero-order valence-corrected chi connectivity index (χ0v) is 11.5. The Hall–Kier alpha value is -1.46. The Labute approximate surface area is 121 Å². The number of benzene rings is 2. The molecular weight excluding hydrogens is 279 g/mol. The Morgan fingerprint density at radius 1 is 1.15 bits per heavy atom. The maximum Gasteiger partial charge on any atom is 0.129 e. The molecule has 2 aromatic rings. The highest BCUT2D eigenvalue weighted by molar-refractivity contribution is 6.30. The predicted octanol–water partition coefficient (Wildman–Crippen LogP) is 3.06. The molecule has 2 aromatic carbocycles. The van der Waals surface area contributed by atoms with Crippen molar-refractivity contribution in [1.82, 2.24) is 5.43 Å². The SMILES string of the molecule is NNC(c1ccc2c(c1)COC2)c1ccc(Cl)cc1F. The van der Waals surface area contributed by atoms with E-state index >= 15 is 0 Å². The average Bonchev–Trinajstić information content (AvgIpc) is 2.89. The van der Waals surface area contributed by atoms with Crippen LogP contribution in [-0.4, -0.2) is 0 Å². The highest BCUT2D eigenvalue weighted by Gasteiger charge is 2.19. The molecule has 0 bridgehead atoms. The first kappa shape index (κ1) is 13.5. The van der Waals surface area contributed by atoms with Gasteiger partial charge in [-0.2, -0.15) is 0 Å². The maximum absolute atomic E-state index is 14.0. The van der Waals surface area contributed by atoms with Gasteiger partial charge in [0, 0.05) is 10.6 Å². The Balaban J connectivity index is 2.01. The molecule has 0 aliphatic carbocycles. The highest BCUT2D eigenvalue weighted by Crippen LogP contribution is 2.29. The molecule has 5 heteroatoms. The second-order valence-electron chi connectivity index (χ2n) is 4.79. The normalized spacial score (nSPS) is 15.2. The number of fused-ring (bicyclic) bond motifs is 1. The average molecular weight is 293 g/mol. The number of halogens is 2. The molecule has 1 aliphatic rings. The fourth-order valence-corrected chi connectivity index (χ4v) is 2.63. The van der Waals surface area contributed by atoms with E-state index in [9.17, 15) is 4.39 Å². The monoisotopic (exact) mass is 292 g/mol. The first-order valence-corrected chi connectivity index (χ1v) is 6.67. The molecule has 3 rings (SSSR count). The van der Waals surface area contributed by atoms with Gasteiger partial charge >= 0.3 is 0 Å². The van der Waals surface area contributed by atoms with Crippen LogP contribution in [0.15, 0.2) is 36.4 Å². The smallest absolute Gasteiger partial charge is 0.129 e. The Morgan fingerprint density at radius 2 is 1.95 bits per heavy atom. The van der Waals surface area contributed by atoms with Crippen LogP contribution in [0.2, 0.25) is 5.02 Å². The Kier molecular flexibility index (Phi) is 3.72. The summed E-state index contributed by atoms with van der Waals surface area (Å²) in [7, 11) is 0. The second kappa shape index (κ2) is 5.50. The molecule has 0 radical (unpaired) electrons. The van der Waals surface area contributed by atoms with Crippen molar-refractivity contribution < 1.29 is 9.13 Å². The molecular formula is C15H14ClFN2O. The number of hydrogen-bond donors (Lipinski definition) is 2.